The van der Waals surface area contributed by atoms with E-state index in [2.05, 4.69) is 5.32 Å². The number of nitrogens with one attached hydrogen (secondary N) is 1. The zero-order chi connectivity index (χ0) is 17.9. The van der Waals surface area contributed by atoms with E-state index in [4.69, 9.17) is 23.2 Å². The summed E-state index contributed by atoms with van der Waals surface area (Å²) in [6.45, 7) is 5.22. The van der Waals surface area contributed by atoms with Crippen LogP contribution >= 0.6 is 23.2 Å². The van der Waals surface area contributed by atoms with Crippen LogP contribution in [-0.4, -0.2) is 41.5 Å². The number of halogens is 2. The van der Waals surface area contributed by atoms with E-state index in [0.29, 0.717) is 23.0 Å². The molecule has 1 saturated heterocycles. The Morgan fingerprint density at radius 2 is 2.04 bits per heavy atom. The van der Waals surface area contributed by atoms with E-state index in [-0.39, 0.29) is 24.4 Å². The lowest BCUT2D eigenvalue weighted by Gasteiger charge is -2.34. The third kappa shape index (κ3) is 5.10. The largest absolute Gasteiger partial charge is 0.481 e. The summed E-state index contributed by atoms with van der Waals surface area (Å²) >= 11 is 11.9. The number of piperidine rings is 1. The SMILES string of the molecule is CC1CC(C(=O)O)CN(CC(=O)NC(C)c2ccc(Cl)c(Cl)c2)C1. The molecule has 1 aliphatic rings. The zero-order valence-electron chi connectivity index (χ0n) is 13.8. The van der Waals surface area contributed by atoms with Gasteiger partial charge in [0, 0.05) is 13.1 Å². The molecule has 2 rings (SSSR count). The van der Waals surface area contributed by atoms with Crippen LogP contribution in [-0.2, 0) is 9.59 Å². The second-order valence-corrected chi connectivity index (χ2v) is 7.35. The van der Waals surface area contributed by atoms with Gasteiger partial charge in [0.1, 0.15) is 0 Å². The average molecular weight is 373 g/mol. The van der Waals surface area contributed by atoms with Crippen molar-refractivity contribution in [3.05, 3.63) is 33.8 Å². The molecule has 1 heterocycles. The lowest BCUT2D eigenvalue weighted by molar-refractivity contribution is -0.145. The second-order valence-electron chi connectivity index (χ2n) is 6.53. The van der Waals surface area contributed by atoms with E-state index in [9.17, 15) is 14.7 Å². The van der Waals surface area contributed by atoms with Crippen LogP contribution in [0.1, 0.15) is 31.9 Å². The maximum Gasteiger partial charge on any atom is 0.307 e. The first kappa shape index (κ1) is 19.0. The molecule has 7 heteroatoms. The van der Waals surface area contributed by atoms with E-state index in [1.54, 1.807) is 12.1 Å². The summed E-state index contributed by atoms with van der Waals surface area (Å²) in [7, 11) is 0. The number of hydrogen-bond acceptors (Lipinski definition) is 3. The van der Waals surface area contributed by atoms with Crippen LogP contribution < -0.4 is 5.32 Å². The molecule has 2 N–H and O–H groups in total. The number of amides is 1. The van der Waals surface area contributed by atoms with Gasteiger partial charge in [0.05, 0.1) is 28.5 Å². The first-order chi connectivity index (χ1) is 11.3. The summed E-state index contributed by atoms with van der Waals surface area (Å²) in [5.41, 5.74) is 0.869. The maximum atomic E-state index is 12.3. The standard InChI is InChI=1S/C17H22Cl2N2O3/c1-10-5-13(17(23)24)8-21(7-10)9-16(22)20-11(2)12-3-4-14(18)15(19)6-12/h3-4,6,10-11,13H,5,7-9H2,1-2H3,(H,20,22)(H,23,24). The van der Waals surface area contributed by atoms with Crippen molar-refractivity contribution in [2.24, 2.45) is 11.8 Å². The number of carbonyl (C=O) groups excluding carboxylic acids is 1. The molecule has 132 valence electrons. The minimum atomic E-state index is -0.795. The van der Waals surface area contributed by atoms with E-state index >= 15 is 0 Å². The quantitative estimate of drug-likeness (QED) is 0.832. The molecule has 1 amide bonds. The van der Waals surface area contributed by atoms with Gasteiger partial charge in [-0.25, -0.2) is 0 Å². The van der Waals surface area contributed by atoms with Crippen LogP contribution in [0, 0.1) is 11.8 Å². The van der Waals surface area contributed by atoms with Crippen molar-refractivity contribution in [2.75, 3.05) is 19.6 Å². The number of nitrogens with zero attached hydrogens (tertiary/aromatic N) is 1. The summed E-state index contributed by atoms with van der Waals surface area (Å²) in [6.07, 6.45) is 0.660. The topological polar surface area (TPSA) is 69.6 Å². The number of carboxylic acids is 1. The van der Waals surface area contributed by atoms with Gasteiger partial charge < -0.3 is 10.4 Å². The van der Waals surface area contributed by atoms with Crippen molar-refractivity contribution < 1.29 is 14.7 Å². The van der Waals surface area contributed by atoms with Crippen LogP contribution in [0.15, 0.2) is 18.2 Å². The molecule has 0 radical (unpaired) electrons. The number of carboxylic acid groups (broad SMARTS) is 1. The molecular weight excluding hydrogens is 351 g/mol. The summed E-state index contributed by atoms with van der Waals surface area (Å²) in [5, 5.41) is 13.0. The molecule has 5 nitrogen and oxygen atoms in total. The van der Waals surface area contributed by atoms with Gasteiger partial charge in [0.15, 0.2) is 0 Å². The minimum Gasteiger partial charge on any atom is -0.481 e. The first-order valence-electron chi connectivity index (χ1n) is 7.95. The molecule has 1 aromatic carbocycles. The highest BCUT2D eigenvalue weighted by Gasteiger charge is 2.30. The van der Waals surface area contributed by atoms with Crippen molar-refractivity contribution in [1.82, 2.24) is 10.2 Å². The number of carbonyl (C=O) groups is 2. The Balaban J connectivity index is 1.92. The molecule has 1 fully saturated rings. The van der Waals surface area contributed by atoms with Crippen LogP contribution in [0.3, 0.4) is 0 Å². The number of benzene rings is 1. The van der Waals surface area contributed by atoms with Crippen LogP contribution in [0.25, 0.3) is 0 Å². The Kier molecular flexibility index (Phi) is 6.49. The molecular formula is C17H22Cl2N2O3. The van der Waals surface area contributed by atoms with E-state index in [0.717, 1.165) is 12.1 Å². The highest BCUT2D eigenvalue weighted by molar-refractivity contribution is 6.42. The lowest BCUT2D eigenvalue weighted by Crippen LogP contribution is -2.47. The first-order valence-corrected chi connectivity index (χ1v) is 8.71. The molecule has 0 saturated carbocycles. The van der Waals surface area contributed by atoms with Gasteiger partial charge in [-0.05, 0) is 37.0 Å². The molecule has 0 bridgehead atoms. The van der Waals surface area contributed by atoms with Crippen molar-refractivity contribution >= 4 is 35.1 Å². The van der Waals surface area contributed by atoms with Gasteiger partial charge in [-0.3, -0.25) is 14.5 Å². The summed E-state index contributed by atoms with van der Waals surface area (Å²) in [6, 6.07) is 5.05. The fourth-order valence-electron chi connectivity index (χ4n) is 3.13. The highest BCUT2D eigenvalue weighted by Crippen LogP contribution is 2.26. The number of rotatable bonds is 5. The number of likely N-dealkylation sites (tertiary alicyclic amines) is 1. The van der Waals surface area contributed by atoms with Crippen molar-refractivity contribution in [2.45, 2.75) is 26.3 Å². The van der Waals surface area contributed by atoms with E-state index < -0.39 is 11.9 Å². The number of hydrogen-bond donors (Lipinski definition) is 2. The second kappa shape index (κ2) is 8.19. The fourth-order valence-corrected chi connectivity index (χ4v) is 3.43. The molecule has 0 spiro atoms. The van der Waals surface area contributed by atoms with Gasteiger partial charge in [-0.1, -0.05) is 36.2 Å². The number of aliphatic carboxylic acids is 1. The maximum absolute atomic E-state index is 12.3. The fraction of sp³-hybridized carbons (Fsp3) is 0.529. The predicted octanol–water partition coefficient (Wildman–Crippen LogP) is 3.21. The third-order valence-corrected chi connectivity index (χ3v) is 5.01. The van der Waals surface area contributed by atoms with Gasteiger partial charge in [-0.15, -0.1) is 0 Å². The Labute approximate surface area is 151 Å². The van der Waals surface area contributed by atoms with Crippen molar-refractivity contribution in [3.63, 3.8) is 0 Å². The van der Waals surface area contributed by atoms with Gasteiger partial charge in [-0.2, -0.15) is 0 Å². The Morgan fingerprint density at radius 1 is 1.33 bits per heavy atom. The molecule has 0 aromatic heterocycles. The minimum absolute atomic E-state index is 0.133. The highest BCUT2D eigenvalue weighted by atomic mass is 35.5. The summed E-state index contributed by atoms with van der Waals surface area (Å²) in [5.74, 6) is -1.07. The van der Waals surface area contributed by atoms with Crippen LogP contribution in [0.5, 0.6) is 0 Å². The van der Waals surface area contributed by atoms with Crippen LogP contribution in [0.2, 0.25) is 10.0 Å². The Hall–Kier alpha value is -1.30. The molecule has 1 aliphatic heterocycles. The molecule has 3 unspecified atom stereocenters. The zero-order valence-corrected chi connectivity index (χ0v) is 15.3. The van der Waals surface area contributed by atoms with Crippen LogP contribution in [0.4, 0.5) is 0 Å². The Morgan fingerprint density at radius 3 is 2.67 bits per heavy atom. The van der Waals surface area contributed by atoms with Gasteiger partial charge in [0.25, 0.3) is 0 Å². The van der Waals surface area contributed by atoms with Crippen molar-refractivity contribution in [1.29, 1.82) is 0 Å². The lowest BCUT2D eigenvalue weighted by atomic mass is 9.90. The molecule has 24 heavy (non-hydrogen) atoms. The average Bonchev–Trinajstić information content (AvgIpc) is 2.49. The normalized spacial score (nSPS) is 22.8. The van der Waals surface area contributed by atoms with Gasteiger partial charge in [0.2, 0.25) is 5.91 Å². The van der Waals surface area contributed by atoms with Crippen molar-refractivity contribution in [3.8, 4) is 0 Å². The molecule has 3 atom stereocenters. The third-order valence-electron chi connectivity index (χ3n) is 4.27. The monoisotopic (exact) mass is 372 g/mol. The molecule has 1 aromatic rings. The molecule has 0 aliphatic carbocycles. The Bertz CT molecular complexity index is 624. The van der Waals surface area contributed by atoms with Gasteiger partial charge >= 0.3 is 5.97 Å². The van der Waals surface area contributed by atoms with E-state index in [1.165, 1.54) is 0 Å². The summed E-state index contributed by atoms with van der Waals surface area (Å²) in [4.78, 5) is 25.4. The smallest absolute Gasteiger partial charge is 0.307 e. The predicted molar refractivity (Wildman–Crippen MR) is 94.4 cm³/mol. The van der Waals surface area contributed by atoms with E-state index in [1.807, 2.05) is 24.8 Å². The summed E-state index contributed by atoms with van der Waals surface area (Å²) < 4.78 is 0.